The van der Waals surface area contributed by atoms with Crippen LogP contribution in [-0.4, -0.2) is 26.2 Å². The van der Waals surface area contributed by atoms with Crippen LogP contribution in [-0.2, 0) is 29.7 Å². The number of esters is 1. The number of hydrogen-bond acceptors (Lipinski definition) is 5. The monoisotopic (exact) mass is 542 g/mol. The largest absolute Gasteiger partial charge is 0.466 e. The van der Waals surface area contributed by atoms with Crippen molar-refractivity contribution < 1.29 is 30.4 Å². The summed E-state index contributed by atoms with van der Waals surface area (Å²) in [5.41, 5.74) is 0.749. The molecular weight excluding hydrogens is 518 g/mol. The lowest BCUT2D eigenvalue weighted by atomic mass is 10.2. The maximum atomic E-state index is 15.2. The molecule has 0 atom stereocenters. The van der Waals surface area contributed by atoms with E-state index in [9.17, 15) is 13.2 Å². The molecule has 0 bridgehead atoms. The van der Waals surface area contributed by atoms with E-state index in [4.69, 9.17) is 3.63 Å². The molecule has 0 heterocycles. The summed E-state index contributed by atoms with van der Waals surface area (Å²) in [6.45, 7) is -0.415. The summed E-state index contributed by atoms with van der Waals surface area (Å²) in [7, 11) is -9.07. The van der Waals surface area contributed by atoms with Crippen molar-refractivity contribution in [2.45, 2.75) is 26.4 Å². The van der Waals surface area contributed by atoms with Gasteiger partial charge in [0.15, 0.2) is 0 Å². The zero-order valence-corrected chi connectivity index (χ0v) is 21.2. The van der Waals surface area contributed by atoms with Crippen molar-refractivity contribution in [1.29, 1.82) is 0 Å². The first-order chi connectivity index (χ1) is 17.8. The Morgan fingerprint density at radius 3 is 1.43 bits per heavy atom. The second-order valence-corrected chi connectivity index (χ2v) is 12.4. The predicted octanol–water partition coefficient (Wildman–Crippen LogP) is 6.61. The second kappa shape index (κ2) is 11.2. The summed E-state index contributed by atoms with van der Waals surface area (Å²) in [5, 5.41) is -4.94. The number of hydrogen-bond donors (Lipinski definition) is 0. The standard InChI is InChI=1S/C28H24F2O5S2/c29-28(30,27(31)34-22-21-23-13-5-1-6-14-23)37(32,33)35-36(24-15-7-2-8-16-24,25-17-9-3-10-18-25)26-19-11-4-12-20-26/h1-20H,21-22H2. The fourth-order valence-corrected chi connectivity index (χ4v) is 8.69. The molecule has 37 heavy (non-hydrogen) atoms. The second-order valence-electron chi connectivity index (χ2n) is 7.91. The van der Waals surface area contributed by atoms with Crippen LogP contribution in [0.1, 0.15) is 5.56 Å². The van der Waals surface area contributed by atoms with Crippen molar-refractivity contribution in [2.24, 2.45) is 0 Å². The molecule has 0 aliphatic carbocycles. The van der Waals surface area contributed by atoms with Gasteiger partial charge in [-0.05, 0) is 52.3 Å². The van der Waals surface area contributed by atoms with Crippen molar-refractivity contribution in [3.05, 3.63) is 127 Å². The Kier molecular flexibility index (Phi) is 8.06. The molecule has 0 spiro atoms. The van der Waals surface area contributed by atoms with Gasteiger partial charge in [0.25, 0.3) is 0 Å². The van der Waals surface area contributed by atoms with E-state index < -0.39 is 38.3 Å². The maximum Gasteiger partial charge on any atom is 0.466 e. The van der Waals surface area contributed by atoms with Crippen LogP contribution < -0.4 is 0 Å². The van der Waals surface area contributed by atoms with E-state index in [0.717, 1.165) is 5.56 Å². The predicted molar refractivity (Wildman–Crippen MR) is 138 cm³/mol. The number of rotatable bonds is 10. The molecule has 5 nitrogen and oxygen atoms in total. The highest BCUT2D eigenvalue weighted by Gasteiger charge is 2.58. The summed E-state index contributed by atoms with van der Waals surface area (Å²) in [6.07, 6.45) is 0.150. The zero-order chi connectivity index (χ0) is 26.4. The van der Waals surface area contributed by atoms with Gasteiger partial charge in [-0.2, -0.15) is 17.2 Å². The molecule has 0 aromatic heterocycles. The van der Waals surface area contributed by atoms with Crippen LogP contribution in [0.15, 0.2) is 136 Å². The molecule has 9 heteroatoms. The van der Waals surface area contributed by atoms with Crippen molar-refractivity contribution in [2.75, 3.05) is 6.61 Å². The Morgan fingerprint density at radius 1 is 0.649 bits per heavy atom. The quantitative estimate of drug-likeness (QED) is 0.211. The van der Waals surface area contributed by atoms with Crippen molar-refractivity contribution in [3.63, 3.8) is 0 Å². The van der Waals surface area contributed by atoms with Crippen LogP contribution in [0.2, 0.25) is 0 Å². The molecule has 0 unspecified atom stereocenters. The van der Waals surface area contributed by atoms with Gasteiger partial charge in [0, 0.05) is 21.1 Å². The average Bonchev–Trinajstić information content (AvgIpc) is 2.93. The number of ether oxygens (including phenoxy) is 1. The summed E-state index contributed by atoms with van der Waals surface area (Å²) >= 11 is 0. The highest BCUT2D eigenvalue weighted by Crippen LogP contribution is 2.70. The highest BCUT2D eigenvalue weighted by atomic mass is 32.3. The van der Waals surface area contributed by atoms with E-state index in [2.05, 4.69) is 4.74 Å². The molecule has 0 aliphatic rings. The fourth-order valence-electron chi connectivity index (χ4n) is 3.63. The van der Waals surface area contributed by atoms with Gasteiger partial charge in [0.1, 0.15) is 0 Å². The molecule has 0 saturated heterocycles. The summed E-state index contributed by atoms with van der Waals surface area (Å²) < 4.78 is 67.1. The number of alkyl halides is 2. The van der Waals surface area contributed by atoms with Crippen LogP contribution in [0.4, 0.5) is 8.78 Å². The highest BCUT2D eigenvalue weighted by molar-refractivity contribution is 8.33. The Balaban J connectivity index is 1.73. The van der Waals surface area contributed by atoms with Gasteiger partial charge in [0.05, 0.1) is 6.61 Å². The third kappa shape index (κ3) is 5.58. The minimum Gasteiger partial charge on any atom is -0.460 e. The third-order valence-electron chi connectivity index (χ3n) is 5.44. The molecule has 4 aromatic rings. The van der Waals surface area contributed by atoms with Gasteiger partial charge in [-0.15, -0.1) is 0 Å². The third-order valence-corrected chi connectivity index (χ3v) is 10.6. The van der Waals surface area contributed by atoms with E-state index in [0.29, 0.717) is 14.7 Å². The number of halogens is 2. The van der Waals surface area contributed by atoms with Crippen LogP contribution in [0.3, 0.4) is 0 Å². The van der Waals surface area contributed by atoms with E-state index in [1.807, 2.05) is 0 Å². The molecule has 4 rings (SSSR count). The normalized spacial score (nSPS) is 12.6. The molecule has 0 saturated carbocycles. The molecule has 0 amide bonds. The maximum absolute atomic E-state index is 15.2. The van der Waals surface area contributed by atoms with Gasteiger partial charge >= 0.3 is 21.3 Å². The summed E-state index contributed by atoms with van der Waals surface area (Å²) in [6, 6.07) is 33.6. The van der Waals surface area contributed by atoms with E-state index in [1.165, 1.54) is 0 Å². The SMILES string of the molecule is O=C(OCCc1ccccc1)C(F)(F)S(=O)(=O)OS(c1ccccc1)(c1ccccc1)c1ccccc1. The van der Waals surface area contributed by atoms with Gasteiger partial charge in [-0.3, -0.25) is 0 Å². The lowest BCUT2D eigenvalue weighted by Crippen LogP contribution is -2.41. The number of carbonyl (C=O) groups is 1. The Bertz CT molecular complexity index is 1320. The Labute approximate surface area is 216 Å². The molecule has 0 fully saturated rings. The van der Waals surface area contributed by atoms with Crippen molar-refractivity contribution in [3.8, 4) is 0 Å². The average molecular weight is 543 g/mol. The van der Waals surface area contributed by atoms with Gasteiger partial charge in [0.2, 0.25) is 0 Å². The van der Waals surface area contributed by atoms with E-state index in [1.54, 1.807) is 121 Å². The van der Waals surface area contributed by atoms with Crippen LogP contribution in [0.5, 0.6) is 0 Å². The first-order valence-electron chi connectivity index (χ1n) is 11.3. The number of carbonyl (C=O) groups excluding carboxylic acids is 1. The molecular formula is C28H24F2O5S2. The molecule has 4 aromatic carbocycles. The molecule has 0 aliphatic heterocycles. The van der Waals surface area contributed by atoms with Gasteiger partial charge in [-0.25, -0.2) is 8.42 Å². The Morgan fingerprint density at radius 2 is 1.03 bits per heavy atom. The summed E-state index contributed by atoms with van der Waals surface area (Å²) in [5.74, 6) is -2.19. The smallest absolute Gasteiger partial charge is 0.460 e. The first-order valence-corrected chi connectivity index (χ1v) is 14.3. The van der Waals surface area contributed by atoms with Gasteiger partial charge < -0.3 is 4.74 Å². The van der Waals surface area contributed by atoms with E-state index >= 15 is 8.78 Å². The molecule has 0 radical (unpaired) electrons. The molecule has 192 valence electrons. The van der Waals surface area contributed by atoms with Crippen molar-refractivity contribution in [1.82, 2.24) is 0 Å². The summed E-state index contributed by atoms with van der Waals surface area (Å²) in [4.78, 5) is 13.5. The molecule has 0 N–H and O–H groups in total. The van der Waals surface area contributed by atoms with Crippen LogP contribution in [0, 0.1) is 0 Å². The van der Waals surface area contributed by atoms with Gasteiger partial charge in [-0.1, -0.05) is 84.9 Å². The minimum atomic E-state index is -5.83. The number of benzene rings is 4. The van der Waals surface area contributed by atoms with E-state index in [-0.39, 0.29) is 6.42 Å². The van der Waals surface area contributed by atoms with Crippen LogP contribution >= 0.6 is 10.3 Å². The van der Waals surface area contributed by atoms with Crippen LogP contribution in [0.25, 0.3) is 0 Å². The topological polar surface area (TPSA) is 69.7 Å². The lowest BCUT2D eigenvalue weighted by molar-refractivity contribution is -0.161. The first kappa shape index (κ1) is 26.5. The zero-order valence-electron chi connectivity index (χ0n) is 19.6. The lowest BCUT2D eigenvalue weighted by Gasteiger charge is -2.39. The fraction of sp³-hybridized carbons (Fsp3) is 0.107. The van der Waals surface area contributed by atoms with Crippen molar-refractivity contribution >= 4 is 26.4 Å². The Hall–Kier alpha value is -3.53. The minimum absolute atomic E-state index is 0.150.